The molecule has 0 saturated carbocycles. The lowest BCUT2D eigenvalue weighted by Gasteiger charge is -2.40. The molecule has 26 heavy (non-hydrogen) atoms. The van der Waals surface area contributed by atoms with E-state index < -0.39 is 0 Å². The van der Waals surface area contributed by atoms with Gasteiger partial charge >= 0.3 is 0 Å². The number of H-pyrrole nitrogens is 1. The van der Waals surface area contributed by atoms with Gasteiger partial charge in [0.15, 0.2) is 0 Å². The Morgan fingerprint density at radius 2 is 1.92 bits per heavy atom. The second-order valence-corrected chi connectivity index (χ2v) is 7.49. The van der Waals surface area contributed by atoms with Crippen LogP contribution in [0.3, 0.4) is 0 Å². The number of aromatic amines is 1. The zero-order valence-electron chi connectivity index (χ0n) is 15.6. The van der Waals surface area contributed by atoms with E-state index in [1.807, 2.05) is 29.2 Å². The third-order valence-corrected chi connectivity index (χ3v) is 5.50. The lowest BCUT2D eigenvalue weighted by atomic mass is 10.1. The molecule has 0 spiro atoms. The number of nitrogens with zero attached hydrogens (tertiary/aromatic N) is 4. The number of fused-ring (bicyclic) bond motifs is 1. The van der Waals surface area contributed by atoms with E-state index in [-0.39, 0.29) is 11.9 Å². The van der Waals surface area contributed by atoms with Gasteiger partial charge < -0.3 is 20.1 Å². The summed E-state index contributed by atoms with van der Waals surface area (Å²) < 4.78 is 0. The Balaban J connectivity index is 1.36. The van der Waals surface area contributed by atoms with Crippen LogP contribution < -0.4 is 10.2 Å². The molecule has 3 heterocycles. The van der Waals surface area contributed by atoms with Crippen molar-refractivity contribution in [3.05, 3.63) is 24.3 Å². The molecule has 2 fully saturated rings. The van der Waals surface area contributed by atoms with Crippen molar-refractivity contribution in [2.75, 3.05) is 50.7 Å². The number of nitrogens with one attached hydrogen (secondary N) is 2. The topological polar surface area (TPSA) is 67.5 Å². The molecule has 1 aromatic carbocycles. The zero-order valence-corrected chi connectivity index (χ0v) is 15.6. The van der Waals surface area contributed by atoms with Crippen LogP contribution in [0, 0.1) is 0 Å². The Morgan fingerprint density at radius 3 is 2.65 bits per heavy atom. The van der Waals surface area contributed by atoms with Crippen LogP contribution in [0.4, 0.5) is 5.95 Å². The molecule has 2 N–H and O–H groups in total. The number of benzene rings is 1. The van der Waals surface area contributed by atoms with E-state index in [1.165, 1.54) is 0 Å². The molecule has 0 bridgehead atoms. The minimum Gasteiger partial charge on any atom is -0.339 e. The molecule has 2 aliphatic heterocycles. The SMILES string of the molecule is CC(C)N1CCN[C@@H](C(=O)N2CCN(c3nc4ccccc4[nH]3)CC2)C1. The predicted octanol–water partition coefficient (Wildman–Crippen LogP) is 0.894. The molecular formula is C19H28N6O. The summed E-state index contributed by atoms with van der Waals surface area (Å²) in [5.74, 6) is 1.14. The van der Waals surface area contributed by atoms with Gasteiger partial charge in [0.05, 0.1) is 17.1 Å². The van der Waals surface area contributed by atoms with Crippen molar-refractivity contribution >= 4 is 22.9 Å². The maximum Gasteiger partial charge on any atom is 0.241 e. The fourth-order valence-corrected chi connectivity index (χ4v) is 3.86. The Morgan fingerprint density at radius 1 is 1.15 bits per heavy atom. The average Bonchev–Trinajstić information content (AvgIpc) is 3.12. The molecule has 2 saturated heterocycles. The van der Waals surface area contributed by atoms with Crippen LogP contribution >= 0.6 is 0 Å². The fraction of sp³-hybridized carbons (Fsp3) is 0.579. The fourth-order valence-electron chi connectivity index (χ4n) is 3.86. The summed E-state index contributed by atoms with van der Waals surface area (Å²) in [4.78, 5) is 27.6. The minimum atomic E-state index is -0.0797. The second kappa shape index (κ2) is 7.25. The Bertz CT molecular complexity index is 731. The van der Waals surface area contributed by atoms with E-state index in [2.05, 4.69) is 38.9 Å². The Kier molecular flexibility index (Phi) is 4.82. The number of carbonyl (C=O) groups is 1. The number of hydrogen-bond acceptors (Lipinski definition) is 5. The first-order valence-electron chi connectivity index (χ1n) is 9.58. The molecule has 2 aromatic rings. The number of hydrogen-bond donors (Lipinski definition) is 2. The summed E-state index contributed by atoms with van der Waals surface area (Å²) >= 11 is 0. The number of para-hydroxylation sites is 2. The lowest BCUT2D eigenvalue weighted by molar-refractivity contribution is -0.135. The molecule has 0 aliphatic carbocycles. The smallest absolute Gasteiger partial charge is 0.241 e. The van der Waals surface area contributed by atoms with Gasteiger partial charge in [0.25, 0.3) is 0 Å². The summed E-state index contributed by atoms with van der Waals surface area (Å²) in [5, 5.41) is 3.40. The summed E-state index contributed by atoms with van der Waals surface area (Å²) in [6, 6.07) is 8.48. The van der Waals surface area contributed by atoms with Gasteiger partial charge in [0, 0.05) is 51.9 Å². The van der Waals surface area contributed by atoms with E-state index >= 15 is 0 Å². The average molecular weight is 356 g/mol. The zero-order chi connectivity index (χ0) is 18.1. The second-order valence-electron chi connectivity index (χ2n) is 7.49. The van der Waals surface area contributed by atoms with Gasteiger partial charge in [-0.15, -0.1) is 0 Å². The molecule has 0 unspecified atom stereocenters. The van der Waals surface area contributed by atoms with Crippen LogP contribution in [0.5, 0.6) is 0 Å². The molecule has 7 heteroatoms. The Labute approximate surface area is 154 Å². The van der Waals surface area contributed by atoms with E-state index in [1.54, 1.807) is 0 Å². The highest BCUT2D eigenvalue weighted by molar-refractivity contribution is 5.82. The minimum absolute atomic E-state index is 0.0797. The van der Waals surface area contributed by atoms with Crippen molar-refractivity contribution in [3.63, 3.8) is 0 Å². The van der Waals surface area contributed by atoms with E-state index in [9.17, 15) is 4.79 Å². The highest BCUT2D eigenvalue weighted by Gasteiger charge is 2.31. The van der Waals surface area contributed by atoms with Crippen molar-refractivity contribution < 1.29 is 4.79 Å². The van der Waals surface area contributed by atoms with Crippen LogP contribution in [-0.2, 0) is 4.79 Å². The number of aromatic nitrogens is 2. The Hall–Kier alpha value is -2.12. The molecule has 1 atom stereocenters. The summed E-state index contributed by atoms with van der Waals surface area (Å²) in [6.07, 6.45) is 0. The van der Waals surface area contributed by atoms with Gasteiger partial charge in [-0.3, -0.25) is 9.69 Å². The van der Waals surface area contributed by atoms with Gasteiger partial charge in [-0.2, -0.15) is 0 Å². The summed E-state index contributed by atoms with van der Waals surface area (Å²) in [7, 11) is 0. The molecule has 2 aliphatic rings. The predicted molar refractivity (Wildman–Crippen MR) is 103 cm³/mol. The normalized spacial score (nSPS) is 22.3. The monoisotopic (exact) mass is 356 g/mol. The first-order chi connectivity index (χ1) is 12.6. The van der Waals surface area contributed by atoms with Gasteiger partial charge in [0.2, 0.25) is 11.9 Å². The van der Waals surface area contributed by atoms with Crippen molar-refractivity contribution in [2.45, 2.75) is 25.9 Å². The van der Waals surface area contributed by atoms with Crippen LogP contribution in [0.2, 0.25) is 0 Å². The first-order valence-corrected chi connectivity index (χ1v) is 9.58. The maximum atomic E-state index is 12.9. The van der Waals surface area contributed by atoms with Crippen molar-refractivity contribution in [1.29, 1.82) is 0 Å². The number of amides is 1. The highest BCUT2D eigenvalue weighted by Crippen LogP contribution is 2.19. The van der Waals surface area contributed by atoms with Crippen molar-refractivity contribution in [1.82, 2.24) is 25.1 Å². The standard InChI is InChI=1S/C19H28N6O/c1-14(2)25-8-7-20-17(13-25)18(26)23-9-11-24(12-10-23)19-21-15-5-3-4-6-16(15)22-19/h3-6,14,17,20H,7-13H2,1-2H3,(H,21,22)/t17-/m1/s1. The highest BCUT2D eigenvalue weighted by atomic mass is 16.2. The molecule has 140 valence electrons. The molecule has 0 radical (unpaired) electrons. The van der Waals surface area contributed by atoms with Crippen LogP contribution in [0.1, 0.15) is 13.8 Å². The number of rotatable bonds is 3. The van der Waals surface area contributed by atoms with Gasteiger partial charge in [-0.1, -0.05) is 12.1 Å². The quantitative estimate of drug-likeness (QED) is 0.855. The number of piperazine rings is 2. The largest absolute Gasteiger partial charge is 0.339 e. The molecule has 1 aromatic heterocycles. The molecular weight excluding hydrogens is 328 g/mol. The number of anilines is 1. The van der Waals surface area contributed by atoms with Crippen molar-refractivity contribution in [3.8, 4) is 0 Å². The van der Waals surface area contributed by atoms with Crippen LogP contribution in [0.15, 0.2) is 24.3 Å². The third-order valence-electron chi connectivity index (χ3n) is 5.50. The van der Waals surface area contributed by atoms with Crippen molar-refractivity contribution in [2.24, 2.45) is 0 Å². The first kappa shape index (κ1) is 17.3. The van der Waals surface area contributed by atoms with E-state index in [0.717, 1.165) is 62.8 Å². The van der Waals surface area contributed by atoms with E-state index in [4.69, 9.17) is 0 Å². The molecule has 4 rings (SSSR count). The lowest BCUT2D eigenvalue weighted by Crippen LogP contribution is -2.61. The van der Waals surface area contributed by atoms with Crippen LogP contribution in [0.25, 0.3) is 11.0 Å². The number of carbonyl (C=O) groups excluding carboxylic acids is 1. The molecule has 7 nitrogen and oxygen atoms in total. The van der Waals surface area contributed by atoms with Crippen LogP contribution in [-0.4, -0.2) is 83.6 Å². The maximum absolute atomic E-state index is 12.9. The molecule has 1 amide bonds. The third kappa shape index (κ3) is 3.41. The van der Waals surface area contributed by atoms with Gasteiger partial charge in [-0.05, 0) is 26.0 Å². The number of imidazole rings is 1. The van der Waals surface area contributed by atoms with Gasteiger partial charge in [0.1, 0.15) is 0 Å². The summed E-state index contributed by atoms with van der Waals surface area (Å²) in [6.45, 7) is 10.2. The summed E-state index contributed by atoms with van der Waals surface area (Å²) in [5.41, 5.74) is 2.04. The van der Waals surface area contributed by atoms with Gasteiger partial charge in [-0.25, -0.2) is 4.98 Å². The van der Waals surface area contributed by atoms with E-state index in [0.29, 0.717) is 6.04 Å².